The van der Waals surface area contributed by atoms with Crippen LogP contribution in [-0.2, 0) is 27.2 Å². The minimum absolute atomic E-state index is 0.239. The Morgan fingerprint density at radius 3 is 2.67 bits per heavy atom. The Morgan fingerprint density at radius 1 is 1.30 bits per heavy atom. The molecule has 1 atom stereocenters. The fourth-order valence-electron chi connectivity index (χ4n) is 2.94. The summed E-state index contributed by atoms with van der Waals surface area (Å²) in [7, 11) is 0. The van der Waals surface area contributed by atoms with E-state index in [9.17, 15) is 9.59 Å². The number of rotatable bonds is 4. The quantitative estimate of drug-likeness (QED) is 0.785. The monoisotopic (exact) mass is 388 g/mol. The van der Waals surface area contributed by atoms with Crippen LogP contribution in [-0.4, -0.2) is 24.1 Å². The van der Waals surface area contributed by atoms with Crippen molar-refractivity contribution in [2.75, 3.05) is 12.3 Å². The van der Waals surface area contributed by atoms with Crippen molar-refractivity contribution in [2.45, 2.75) is 45.4 Å². The van der Waals surface area contributed by atoms with Crippen molar-refractivity contribution >= 4 is 28.2 Å². The van der Waals surface area contributed by atoms with Crippen LogP contribution in [0.15, 0.2) is 30.3 Å². The first-order chi connectivity index (χ1) is 12.8. The standard InChI is InChI=1S/C20H24N2O4S/c1-20(2,3)26-19(24)14-13-9-10-25-15(16(13)27-17(14)21)18(23)22-11-12-7-5-4-6-8-12/h4-8,15H,9-11,21H2,1-3H3,(H,22,23). The molecule has 1 amide bonds. The summed E-state index contributed by atoms with van der Waals surface area (Å²) in [5, 5.41) is 3.25. The molecule has 6 nitrogen and oxygen atoms in total. The number of hydrogen-bond acceptors (Lipinski definition) is 6. The first-order valence-electron chi connectivity index (χ1n) is 8.84. The molecule has 1 aliphatic heterocycles. The van der Waals surface area contributed by atoms with Crippen LogP contribution in [0.25, 0.3) is 0 Å². The molecular weight excluding hydrogens is 364 g/mol. The number of carbonyl (C=O) groups is 2. The summed E-state index contributed by atoms with van der Waals surface area (Å²) in [5.41, 5.74) is 7.62. The third-order valence-electron chi connectivity index (χ3n) is 4.09. The van der Waals surface area contributed by atoms with Crippen LogP contribution < -0.4 is 11.1 Å². The SMILES string of the molecule is CC(C)(C)OC(=O)c1c(N)sc2c1CCOC2C(=O)NCc1ccccc1. The van der Waals surface area contributed by atoms with Crippen molar-refractivity contribution in [3.63, 3.8) is 0 Å². The lowest BCUT2D eigenvalue weighted by atomic mass is 10.0. The zero-order valence-electron chi connectivity index (χ0n) is 15.7. The van der Waals surface area contributed by atoms with Gasteiger partial charge in [0.25, 0.3) is 5.91 Å². The highest BCUT2D eigenvalue weighted by molar-refractivity contribution is 7.16. The number of hydrogen-bond donors (Lipinski definition) is 2. The molecule has 2 heterocycles. The van der Waals surface area contributed by atoms with E-state index in [0.717, 1.165) is 11.1 Å². The average molecular weight is 388 g/mol. The van der Waals surface area contributed by atoms with Gasteiger partial charge in [-0.15, -0.1) is 11.3 Å². The lowest BCUT2D eigenvalue weighted by Gasteiger charge is -2.24. The topological polar surface area (TPSA) is 90.7 Å². The van der Waals surface area contributed by atoms with Gasteiger partial charge >= 0.3 is 5.97 Å². The van der Waals surface area contributed by atoms with E-state index >= 15 is 0 Å². The minimum atomic E-state index is -0.763. The number of fused-ring (bicyclic) bond motifs is 1. The van der Waals surface area contributed by atoms with E-state index in [2.05, 4.69) is 5.32 Å². The highest BCUT2D eigenvalue weighted by Crippen LogP contribution is 2.40. The Hall–Kier alpha value is -2.38. The van der Waals surface area contributed by atoms with Gasteiger partial charge in [0.1, 0.15) is 10.6 Å². The molecule has 1 unspecified atom stereocenters. The van der Waals surface area contributed by atoms with Gasteiger partial charge in [-0.2, -0.15) is 0 Å². The second kappa shape index (κ2) is 7.70. The maximum Gasteiger partial charge on any atom is 0.341 e. The number of carbonyl (C=O) groups excluding carboxylic acids is 2. The van der Waals surface area contributed by atoms with Gasteiger partial charge in [0.2, 0.25) is 0 Å². The molecule has 144 valence electrons. The van der Waals surface area contributed by atoms with Gasteiger partial charge in [-0.25, -0.2) is 4.79 Å². The van der Waals surface area contributed by atoms with Crippen molar-refractivity contribution in [1.82, 2.24) is 5.32 Å². The number of esters is 1. The highest BCUT2D eigenvalue weighted by atomic mass is 32.1. The second-order valence-corrected chi connectivity index (χ2v) is 8.47. The van der Waals surface area contributed by atoms with Crippen molar-refractivity contribution in [3.05, 3.63) is 51.9 Å². The van der Waals surface area contributed by atoms with E-state index < -0.39 is 17.7 Å². The smallest absolute Gasteiger partial charge is 0.341 e. The number of nitrogen functional groups attached to an aromatic ring is 1. The van der Waals surface area contributed by atoms with Crippen LogP contribution in [0.4, 0.5) is 5.00 Å². The first kappa shape index (κ1) is 19.4. The summed E-state index contributed by atoms with van der Waals surface area (Å²) in [6.45, 7) is 6.19. The molecule has 0 fully saturated rings. The number of thiophene rings is 1. The van der Waals surface area contributed by atoms with Crippen molar-refractivity contribution in [1.29, 1.82) is 0 Å². The lowest BCUT2D eigenvalue weighted by Crippen LogP contribution is -2.33. The van der Waals surface area contributed by atoms with E-state index in [1.165, 1.54) is 11.3 Å². The normalized spacial score (nSPS) is 16.5. The van der Waals surface area contributed by atoms with E-state index in [1.54, 1.807) is 0 Å². The summed E-state index contributed by atoms with van der Waals surface area (Å²) in [6, 6.07) is 9.65. The zero-order valence-corrected chi connectivity index (χ0v) is 16.5. The van der Waals surface area contributed by atoms with E-state index in [-0.39, 0.29) is 5.91 Å². The summed E-state index contributed by atoms with van der Waals surface area (Å²) < 4.78 is 11.2. The predicted octanol–water partition coefficient (Wildman–Crippen LogP) is 3.22. The van der Waals surface area contributed by atoms with E-state index in [0.29, 0.717) is 35.0 Å². The predicted molar refractivity (Wildman–Crippen MR) is 105 cm³/mol. The number of ether oxygens (including phenoxy) is 2. The molecule has 7 heteroatoms. The Morgan fingerprint density at radius 2 is 2.00 bits per heavy atom. The number of nitrogens with one attached hydrogen (secondary N) is 1. The fourth-order valence-corrected chi connectivity index (χ4v) is 4.10. The maximum atomic E-state index is 12.7. The van der Waals surface area contributed by atoms with Crippen LogP contribution in [0.5, 0.6) is 0 Å². The molecule has 27 heavy (non-hydrogen) atoms. The third-order valence-corrected chi connectivity index (χ3v) is 5.20. The lowest BCUT2D eigenvalue weighted by molar-refractivity contribution is -0.134. The molecule has 0 radical (unpaired) electrons. The number of amides is 1. The molecule has 1 aliphatic rings. The van der Waals surface area contributed by atoms with E-state index in [4.69, 9.17) is 15.2 Å². The van der Waals surface area contributed by atoms with Crippen molar-refractivity contribution in [2.24, 2.45) is 0 Å². The number of anilines is 1. The first-order valence-corrected chi connectivity index (χ1v) is 9.65. The largest absolute Gasteiger partial charge is 0.456 e. The second-order valence-electron chi connectivity index (χ2n) is 7.39. The maximum absolute atomic E-state index is 12.7. The number of benzene rings is 1. The summed E-state index contributed by atoms with van der Waals surface area (Å²) in [6.07, 6.45) is -0.235. The highest BCUT2D eigenvalue weighted by Gasteiger charge is 2.35. The molecule has 3 rings (SSSR count). The Balaban J connectivity index is 1.79. The van der Waals surface area contributed by atoms with Crippen LogP contribution >= 0.6 is 11.3 Å². The van der Waals surface area contributed by atoms with Crippen LogP contribution in [0.2, 0.25) is 0 Å². The molecule has 0 saturated heterocycles. The molecule has 2 aromatic rings. The van der Waals surface area contributed by atoms with Gasteiger partial charge in [-0.3, -0.25) is 4.79 Å². The third kappa shape index (κ3) is 4.48. The van der Waals surface area contributed by atoms with Gasteiger partial charge in [-0.1, -0.05) is 30.3 Å². The molecular formula is C20H24N2O4S. The van der Waals surface area contributed by atoms with Crippen molar-refractivity contribution in [3.8, 4) is 0 Å². The number of nitrogens with two attached hydrogens (primary N) is 1. The van der Waals surface area contributed by atoms with Gasteiger partial charge in [0.05, 0.1) is 12.2 Å². The molecule has 1 aromatic heterocycles. The molecule has 0 bridgehead atoms. The minimum Gasteiger partial charge on any atom is -0.456 e. The summed E-state index contributed by atoms with van der Waals surface area (Å²) >= 11 is 1.22. The van der Waals surface area contributed by atoms with Crippen molar-refractivity contribution < 1.29 is 19.1 Å². The molecule has 3 N–H and O–H groups in total. The van der Waals surface area contributed by atoms with Crippen LogP contribution in [0.3, 0.4) is 0 Å². The van der Waals surface area contributed by atoms with Crippen LogP contribution in [0, 0.1) is 0 Å². The van der Waals surface area contributed by atoms with Gasteiger partial charge in [0.15, 0.2) is 6.10 Å². The van der Waals surface area contributed by atoms with Gasteiger partial charge < -0.3 is 20.5 Å². The van der Waals surface area contributed by atoms with Crippen LogP contribution in [0.1, 0.15) is 53.2 Å². The molecule has 0 saturated carbocycles. The molecule has 0 aliphatic carbocycles. The summed E-state index contributed by atoms with van der Waals surface area (Å²) in [5.74, 6) is -0.695. The Kier molecular flexibility index (Phi) is 5.53. The Bertz CT molecular complexity index is 840. The van der Waals surface area contributed by atoms with E-state index in [1.807, 2.05) is 51.1 Å². The van der Waals surface area contributed by atoms with Gasteiger partial charge in [-0.05, 0) is 38.3 Å². The molecule has 1 aromatic carbocycles. The average Bonchev–Trinajstić information content (AvgIpc) is 2.95. The zero-order chi connectivity index (χ0) is 19.6. The fraction of sp³-hybridized carbons (Fsp3) is 0.400. The summed E-state index contributed by atoms with van der Waals surface area (Å²) in [4.78, 5) is 25.9. The Labute approximate surface area is 162 Å². The molecule has 0 spiro atoms. The van der Waals surface area contributed by atoms with Gasteiger partial charge in [0, 0.05) is 11.4 Å².